The number of aliphatic hydroxyl groups is 1. The first-order valence-electron chi connectivity index (χ1n) is 20.0. The van der Waals surface area contributed by atoms with E-state index in [0.717, 1.165) is 53.2 Å². The van der Waals surface area contributed by atoms with Crippen molar-refractivity contribution < 1.29 is 24.6 Å². The third-order valence-electron chi connectivity index (χ3n) is 11.2. The first-order valence-corrected chi connectivity index (χ1v) is 20.9. The Kier molecular flexibility index (Phi) is 12.4. The Morgan fingerprint density at radius 1 is 1.02 bits per heavy atom. The normalized spacial score (nSPS) is 18.2. The molecule has 2 aromatic carbocycles. The number of nitrogen functional groups attached to an aromatic ring is 1. The maximum atomic E-state index is 14.1. The minimum absolute atomic E-state index is 0.0149. The summed E-state index contributed by atoms with van der Waals surface area (Å²) in [6.07, 6.45) is 4.86. The van der Waals surface area contributed by atoms with Crippen LogP contribution in [0.4, 0.5) is 5.82 Å². The molecule has 3 amide bonds. The molecule has 5 heterocycles. The highest BCUT2D eigenvalue weighted by Crippen LogP contribution is 2.34. The van der Waals surface area contributed by atoms with E-state index in [1.54, 1.807) is 41.8 Å². The van der Waals surface area contributed by atoms with Gasteiger partial charge in [-0.2, -0.15) is 5.10 Å². The molecule has 0 spiro atoms. The quantitative estimate of drug-likeness (QED) is 0.118. The van der Waals surface area contributed by atoms with Crippen LogP contribution in [0.3, 0.4) is 0 Å². The predicted molar refractivity (Wildman–Crippen MR) is 226 cm³/mol. The van der Waals surface area contributed by atoms with Crippen molar-refractivity contribution in [3.8, 4) is 38.6 Å². The fourth-order valence-electron chi connectivity index (χ4n) is 7.81. The van der Waals surface area contributed by atoms with Crippen LogP contribution in [0.2, 0.25) is 0 Å². The van der Waals surface area contributed by atoms with Gasteiger partial charge in [-0.05, 0) is 54.5 Å². The highest BCUT2D eigenvalue weighted by atomic mass is 32.1. The van der Waals surface area contributed by atoms with Crippen LogP contribution < -0.4 is 16.4 Å². The molecule has 15 nitrogen and oxygen atoms in total. The van der Waals surface area contributed by atoms with Gasteiger partial charge in [0.05, 0.1) is 40.1 Å². The van der Waals surface area contributed by atoms with Gasteiger partial charge in [0, 0.05) is 68.5 Å². The summed E-state index contributed by atoms with van der Waals surface area (Å²) in [7, 11) is 0. The van der Waals surface area contributed by atoms with Gasteiger partial charge in [-0.1, -0.05) is 57.2 Å². The second kappa shape index (κ2) is 17.6. The van der Waals surface area contributed by atoms with E-state index < -0.39 is 23.6 Å². The minimum atomic E-state index is -0.891. The van der Waals surface area contributed by atoms with Gasteiger partial charge in [0.15, 0.2) is 5.82 Å². The van der Waals surface area contributed by atoms with Gasteiger partial charge in [-0.3, -0.25) is 19.1 Å². The first-order chi connectivity index (χ1) is 28.2. The van der Waals surface area contributed by atoms with Gasteiger partial charge in [0.1, 0.15) is 17.8 Å². The number of aromatic nitrogens is 5. The van der Waals surface area contributed by atoms with Crippen LogP contribution in [0.1, 0.15) is 63.8 Å². The average molecular weight is 821 g/mol. The number of hydrogen-bond donors (Lipinski definition) is 5. The molecule has 0 saturated carbocycles. The van der Waals surface area contributed by atoms with Crippen molar-refractivity contribution in [1.82, 2.24) is 45.4 Å². The molecular weight excluding hydrogens is 769 g/mol. The number of phenols is 1. The fourth-order valence-corrected chi connectivity index (χ4v) is 8.62. The number of nitrogens with one attached hydrogen (secondary N) is 2. The summed E-state index contributed by atoms with van der Waals surface area (Å²) in [5.41, 5.74) is 12.9. The van der Waals surface area contributed by atoms with Gasteiger partial charge >= 0.3 is 0 Å². The summed E-state index contributed by atoms with van der Waals surface area (Å²) in [5, 5.41) is 39.8. The zero-order valence-corrected chi connectivity index (χ0v) is 34.7. The molecule has 6 N–H and O–H groups in total. The number of aromatic hydroxyl groups is 1. The number of amides is 3. The van der Waals surface area contributed by atoms with Crippen LogP contribution in [0.5, 0.6) is 5.75 Å². The molecule has 16 heteroatoms. The number of phenolic OH excluding ortho intramolecular Hbond substituents is 1. The second-order valence-electron chi connectivity index (χ2n) is 16.5. The summed E-state index contributed by atoms with van der Waals surface area (Å²) in [6.45, 7) is 9.97. The Morgan fingerprint density at radius 3 is 2.46 bits per heavy atom. The third-order valence-corrected chi connectivity index (χ3v) is 12.2. The molecule has 59 heavy (non-hydrogen) atoms. The smallest absolute Gasteiger partial charge is 0.246 e. The van der Waals surface area contributed by atoms with E-state index in [-0.39, 0.29) is 61.3 Å². The van der Waals surface area contributed by atoms with Crippen LogP contribution in [-0.2, 0) is 20.9 Å². The number of para-hydroxylation sites is 1. The van der Waals surface area contributed by atoms with E-state index in [2.05, 4.69) is 35.8 Å². The topological polar surface area (TPSA) is 205 Å². The Balaban J connectivity index is 0.902. The van der Waals surface area contributed by atoms with Crippen molar-refractivity contribution in [2.75, 3.05) is 31.9 Å². The summed E-state index contributed by atoms with van der Waals surface area (Å²) >= 11 is 1.58. The van der Waals surface area contributed by atoms with Crippen molar-refractivity contribution >= 4 is 34.9 Å². The molecule has 3 atom stereocenters. The summed E-state index contributed by atoms with van der Waals surface area (Å²) in [6, 6.07) is 15.1. The van der Waals surface area contributed by atoms with Gasteiger partial charge < -0.3 is 36.4 Å². The van der Waals surface area contributed by atoms with Gasteiger partial charge in [0.25, 0.3) is 0 Å². The van der Waals surface area contributed by atoms with Gasteiger partial charge in [-0.15, -0.1) is 21.5 Å². The van der Waals surface area contributed by atoms with E-state index in [9.17, 15) is 24.6 Å². The van der Waals surface area contributed by atoms with Crippen molar-refractivity contribution in [2.24, 2.45) is 5.41 Å². The molecule has 310 valence electrons. The highest BCUT2D eigenvalue weighted by Gasteiger charge is 2.44. The number of likely N-dealkylation sites (tertiary alicyclic amines) is 2. The van der Waals surface area contributed by atoms with Crippen molar-refractivity contribution in [1.29, 1.82) is 0 Å². The van der Waals surface area contributed by atoms with Crippen LogP contribution in [0.15, 0.2) is 72.5 Å². The van der Waals surface area contributed by atoms with Crippen LogP contribution in [0, 0.1) is 12.3 Å². The summed E-state index contributed by atoms with van der Waals surface area (Å²) < 4.78 is 1.95. The number of thiazole rings is 1. The standard InChI is InChI=1S/C43H52N10O5S/c1-26-38(59-25-46-26)28-11-9-27(10-12-28)21-45-41(57)35-19-31(54)24-52(35)42(58)39(43(2,3)4)48-37(56)15-18-51-16-13-30(14-17-51)53-23-29(22-47-53)33-20-34(49-50-40(33)44)32-7-5-6-8-36(32)55/h5-12,20,22-23,25,30-31,35,39,54-55H,13-19,21,24H2,1-4H3,(H2,44,50)(H,45,57)(H,48,56)/t31-,35+,39-/m1/s1. The molecule has 0 bridgehead atoms. The molecule has 3 aromatic heterocycles. The van der Waals surface area contributed by atoms with Gasteiger partial charge in [-0.25, -0.2) is 4.98 Å². The summed E-state index contributed by atoms with van der Waals surface area (Å²) in [4.78, 5) is 50.1. The lowest BCUT2D eigenvalue weighted by Crippen LogP contribution is -2.58. The molecule has 2 saturated heterocycles. The number of β-amino-alcohol motifs (C(OH)–C–C–N with tert-alkyl or cyclic N) is 1. The molecule has 0 radical (unpaired) electrons. The number of anilines is 1. The Morgan fingerprint density at radius 2 is 1.76 bits per heavy atom. The molecule has 5 aromatic rings. The largest absolute Gasteiger partial charge is 0.507 e. The number of carbonyl (C=O) groups excluding carboxylic acids is 3. The minimum Gasteiger partial charge on any atom is -0.507 e. The second-order valence-corrected chi connectivity index (χ2v) is 17.4. The lowest BCUT2D eigenvalue weighted by molar-refractivity contribution is -0.144. The maximum absolute atomic E-state index is 14.1. The fraction of sp³-hybridized carbons (Fsp3) is 0.419. The van der Waals surface area contributed by atoms with Crippen molar-refractivity contribution in [3.63, 3.8) is 0 Å². The lowest BCUT2D eigenvalue weighted by Gasteiger charge is -2.36. The molecule has 2 aliphatic heterocycles. The number of nitrogens with two attached hydrogens (primary N) is 1. The summed E-state index contributed by atoms with van der Waals surface area (Å²) in [5.74, 6) is -0.601. The number of benzene rings is 2. The maximum Gasteiger partial charge on any atom is 0.246 e. The van der Waals surface area contributed by atoms with Crippen molar-refractivity contribution in [2.45, 2.75) is 84.2 Å². The molecule has 0 aliphatic carbocycles. The van der Waals surface area contributed by atoms with E-state index in [4.69, 9.17) is 5.73 Å². The predicted octanol–water partition coefficient (Wildman–Crippen LogP) is 4.56. The molecular formula is C43H52N10O5S. The number of aliphatic hydroxyl groups excluding tert-OH is 1. The molecule has 7 rings (SSSR count). The number of piperidine rings is 1. The average Bonchev–Trinajstić information content (AvgIpc) is 3.99. The Hall–Kier alpha value is -5.71. The van der Waals surface area contributed by atoms with E-state index in [1.807, 2.05) is 74.4 Å². The third kappa shape index (κ3) is 9.61. The molecule has 2 fully saturated rings. The van der Waals surface area contributed by atoms with E-state index in [1.165, 1.54) is 4.90 Å². The number of nitrogens with zero attached hydrogens (tertiary/aromatic N) is 7. The Bertz CT molecular complexity index is 2280. The van der Waals surface area contributed by atoms with E-state index in [0.29, 0.717) is 23.4 Å². The van der Waals surface area contributed by atoms with E-state index >= 15 is 0 Å². The van der Waals surface area contributed by atoms with Gasteiger partial charge in [0.2, 0.25) is 17.7 Å². The zero-order chi connectivity index (χ0) is 41.8. The molecule has 0 unspecified atom stereocenters. The number of aryl methyl sites for hydroxylation is 1. The SMILES string of the molecule is Cc1ncsc1-c1ccc(CNC(=O)[C@@H]2C[C@@H](O)CN2C(=O)[C@@H](NC(=O)CCN2CCC(n3cc(-c4cc(-c5ccccc5O)nnc4N)cn3)CC2)C(C)(C)C)cc1. The Labute approximate surface area is 347 Å². The first kappa shape index (κ1) is 41.4. The number of carbonyl (C=O) groups is 3. The van der Waals surface area contributed by atoms with Crippen LogP contribution in [0.25, 0.3) is 32.8 Å². The highest BCUT2D eigenvalue weighted by molar-refractivity contribution is 7.13. The number of rotatable bonds is 12. The van der Waals surface area contributed by atoms with Crippen LogP contribution >= 0.6 is 11.3 Å². The zero-order valence-electron chi connectivity index (χ0n) is 33.8. The lowest BCUT2D eigenvalue weighted by atomic mass is 9.85. The monoisotopic (exact) mass is 820 g/mol. The van der Waals surface area contributed by atoms with Crippen molar-refractivity contribution in [3.05, 3.63) is 83.8 Å². The number of hydrogen-bond acceptors (Lipinski definition) is 12. The molecule has 2 aliphatic rings. The van der Waals surface area contributed by atoms with Crippen LogP contribution in [-0.4, -0.2) is 107 Å².